The molecule has 0 amide bonds. The molecule has 4 nitrogen and oxygen atoms in total. The van der Waals surface area contributed by atoms with Crippen molar-refractivity contribution in [2.45, 2.75) is 39.3 Å². The number of nitrogens with two attached hydrogens (primary N) is 1. The molecule has 1 aromatic heterocycles. The van der Waals surface area contributed by atoms with Gasteiger partial charge in [0.15, 0.2) is 0 Å². The Morgan fingerprint density at radius 1 is 1.26 bits per heavy atom. The van der Waals surface area contributed by atoms with Crippen LogP contribution in [-0.4, -0.2) is 15.8 Å². The van der Waals surface area contributed by atoms with E-state index in [9.17, 15) is 0 Å². The highest BCUT2D eigenvalue weighted by Gasteiger charge is 2.12. The van der Waals surface area contributed by atoms with Crippen LogP contribution < -0.4 is 11.3 Å². The zero-order valence-electron chi connectivity index (χ0n) is 11.6. The van der Waals surface area contributed by atoms with Crippen LogP contribution in [0.5, 0.6) is 0 Å². The number of nitrogens with zero attached hydrogens (tertiary/aromatic N) is 2. The van der Waals surface area contributed by atoms with Gasteiger partial charge in [-0.25, -0.2) is 0 Å². The molecule has 4 heteroatoms. The van der Waals surface area contributed by atoms with Crippen LogP contribution in [0.1, 0.15) is 23.9 Å². The Morgan fingerprint density at radius 2 is 2.00 bits per heavy atom. The number of nitrogens with one attached hydrogen (secondary N) is 1. The van der Waals surface area contributed by atoms with Gasteiger partial charge in [-0.3, -0.25) is 16.0 Å². The van der Waals surface area contributed by atoms with Crippen molar-refractivity contribution in [1.29, 1.82) is 0 Å². The van der Waals surface area contributed by atoms with Crippen LogP contribution in [0.2, 0.25) is 0 Å². The number of aromatic nitrogens is 2. The molecule has 1 unspecified atom stereocenters. The maximum Gasteiger partial charge on any atom is 0.0596 e. The summed E-state index contributed by atoms with van der Waals surface area (Å²) >= 11 is 0. The quantitative estimate of drug-likeness (QED) is 0.614. The fourth-order valence-electron chi connectivity index (χ4n) is 2.38. The van der Waals surface area contributed by atoms with E-state index in [0.717, 1.165) is 25.1 Å². The summed E-state index contributed by atoms with van der Waals surface area (Å²) < 4.78 is 2.05. The number of aryl methyl sites for hydroxylation is 2. The molecule has 1 heterocycles. The van der Waals surface area contributed by atoms with Crippen LogP contribution in [0.4, 0.5) is 0 Å². The minimum absolute atomic E-state index is 0.226. The summed E-state index contributed by atoms with van der Waals surface area (Å²) in [6, 6.07) is 12.8. The third-order valence-electron chi connectivity index (χ3n) is 3.30. The number of hydrogen-bond acceptors (Lipinski definition) is 3. The van der Waals surface area contributed by atoms with E-state index in [4.69, 9.17) is 5.84 Å². The van der Waals surface area contributed by atoms with E-state index in [2.05, 4.69) is 47.8 Å². The largest absolute Gasteiger partial charge is 0.271 e. The van der Waals surface area contributed by atoms with E-state index in [-0.39, 0.29) is 6.04 Å². The summed E-state index contributed by atoms with van der Waals surface area (Å²) in [7, 11) is 0. The lowest BCUT2D eigenvalue weighted by Gasteiger charge is -2.16. The molecule has 3 N–H and O–H groups in total. The van der Waals surface area contributed by atoms with E-state index in [1.54, 1.807) is 0 Å². The average Bonchev–Trinajstić information content (AvgIpc) is 2.79. The molecule has 102 valence electrons. The Labute approximate surface area is 114 Å². The van der Waals surface area contributed by atoms with Crippen LogP contribution in [0, 0.1) is 6.92 Å². The number of hydrogen-bond donors (Lipinski definition) is 2. The molecular weight excluding hydrogens is 236 g/mol. The van der Waals surface area contributed by atoms with Crippen molar-refractivity contribution in [3.05, 3.63) is 53.3 Å². The van der Waals surface area contributed by atoms with Gasteiger partial charge >= 0.3 is 0 Å². The van der Waals surface area contributed by atoms with Gasteiger partial charge in [-0.2, -0.15) is 5.10 Å². The lowest BCUT2D eigenvalue weighted by atomic mass is 10.0. The summed E-state index contributed by atoms with van der Waals surface area (Å²) in [5.41, 5.74) is 6.51. The monoisotopic (exact) mass is 258 g/mol. The summed E-state index contributed by atoms with van der Waals surface area (Å²) in [5.74, 6) is 5.69. The average molecular weight is 258 g/mol. The van der Waals surface area contributed by atoms with Crippen LogP contribution >= 0.6 is 0 Å². The molecule has 0 radical (unpaired) electrons. The Balaban J connectivity index is 2.06. The summed E-state index contributed by atoms with van der Waals surface area (Å²) in [6.07, 6.45) is 1.81. The van der Waals surface area contributed by atoms with Gasteiger partial charge in [0.25, 0.3) is 0 Å². The molecule has 0 bridgehead atoms. The number of rotatable bonds is 6. The Morgan fingerprint density at radius 3 is 2.63 bits per heavy atom. The van der Waals surface area contributed by atoms with Gasteiger partial charge in [0.05, 0.1) is 5.69 Å². The molecular formula is C15H22N4. The van der Waals surface area contributed by atoms with Gasteiger partial charge in [-0.1, -0.05) is 30.3 Å². The SMILES string of the molecule is CCn1nc(C)cc1CC(Cc1ccccc1)NN. The second-order valence-electron chi connectivity index (χ2n) is 4.85. The number of benzene rings is 1. The first-order chi connectivity index (χ1) is 9.22. The Kier molecular flexibility index (Phi) is 4.71. The van der Waals surface area contributed by atoms with E-state index in [1.807, 2.05) is 17.7 Å². The van der Waals surface area contributed by atoms with E-state index < -0.39 is 0 Å². The third-order valence-corrected chi connectivity index (χ3v) is 3.30. The Hall–Kier alpha value is -1.65. The second kappa shape index (κ2) is 6.50. The van der Waals surface area contributed by atoms with Crippen molar-refractivity contribution in [3.63, 3.8) is 0 Å². The molecule has 0 saturated heterocycles. The molecule has 0 aliphatic carbocycles. The van der Waals surface area contributed by atoms with Crippen molar-refractivity contribution in [2.75, 3.05) is 0 Å². The highest BCUT2D eigenvalue weighted by molar-refractivity contribution is 5.17. The highest BCUT2D eigenvalue weighted by Crippen LogP contribution is 2.10. The maximum absolute atomic E-state index is 5.69. The first-order valence-corrected chi connectivity index (χ1v) is 6.76. The van der Waals surface area contributed by atoms with Gasteiger partial charge in [-0.15, -0.1) is 0 Å². The van der Waals surface area contributed by atoms with E-state index in [0.29, 0.717) is 0 Å². The van der Waals surface area contributed by atoms with Crippen LogP contribution in [0.25, 0.3) is 0 Å². The predicted octanol–water partition coefficient (Wildman–Crippen LogP) is 1.83. The van der Waals surface area contributed by atoms with Crippen molar-refractivity contribution in [1.82, 2.24) is 15.2 Å². The molecule has 2 rings (SSSR count). The minimum Gasteiger partial charge on any atom is -0.271 e. The zero-order chi connectivity index (χ0) is 13.7. The standard InChI is InChI=1S/C15H22N4/c1-3-19-15(9-12(2)18-19)11-14(17-16)10-13-7-5-4-6-8-13/h4-9,14,17H,3,10-11,16H2,1-2H3. The fourth-order valence-corrected chi connectivity index (χ4v) is 2.38. The minimum atomic E-state index is 0.226. The lowest BCUT2D eigenvalue weighted by molar-refractivity contribution is 0.496. The normalized spacial score (nSPS) is 12.6. The second-order valence-corrected chi connectivity index (χ2v) is 4.85. The maximum atomic E-state index is 5.69. The topological polar surface area (TPSA) is 55.9 Å². The smallest absolute Gasteiger partial charge is 0.0596 e. The Bertz CT molecular complexity index is 504. The highest BCUT2D eigenvalue weighted by atomic mass is 15.3. The van der Waals surface area contributed by atoms with Crippen LogP contribution in [-0.2, 0) is 19.4 Å². The first kappa shape index (κ1) is 13.8. The molecule has 0 aliphatic heterocycles. The van der Waals surface area contributed by atoms with Crippen molar-refractivity contribution in [3.8, 4) is 0 Å². The fraction of sp³-hybridized carbons (Fsp3) is 0.400. The molecule has 0 spiro atoms. The van der Waals surface area contributed by atoms with Crippen LogP contribution in [0.15, 0.2) is 36.4 Å². The predicted molar refractivity (Wildman–Crippen MR) is 77.6 cm³/mol. The van der Waals surface area contributed by atoms with Gasteiger partial charge in [0.1, 0.15) is 0 Å². The van der Waals surface area contributed by atoms with E-state index in [1.165, 1.54) is 11.3 Å². The summed E-state index contributed by atoms with van der Waals surface area (Å²) in [4.78, 5) is 0. The first-order valence-electron chi connectivity index (χ1n) is 6.76. The molecule has 0 saturated carbocycles. The summed E-state index contributed by atoms with van der Waals surface area (Å²) in [5, 5.41) is 4.47. The van der Waals surface area contributed by atoms with Gasteiger partial charge in [-0.05, 0) is 31.9 Å². The molecule has 2 aromatic rings. The van der Waals surface area contributed by atoms with Crippen molar-refractivity contribution < 1.29 is 0 Å². The lowest BCUT2D eigenvalue weighted by Crippen LogP contribution is -2.39. The van der Waals surface area contributed by atoms with Crippen molar-refractivity contribution >= 4 is 0 Å². The van der Waals surface area contributed by atoms with E-state index >= 15 is 0 Å². The van der Waals surface area contributed by atoms with Gasteiger partial charge in [0.2, 0.25) is 0 Å². The van der Waals surface area contributed by atoms with Crippen molar-refractivity contribution in [2.24, 2.45) is 5.84 Å². The van der Waals surface area contributed by atoms with Gasteiger partial charge < -0.3 is 0 Å². The molecule has 1 aromatic carbocycles. The summed E-state index contributed by atoms with van der Waals surface area (Å²) in [6.45, 7) is 5.03. The zero-order valence-corrected chi connectivity index (χ0v) is 11.6. The molecule has 1 atom stereocenters. The molecule has 0 aliphatic rings. The van der Waals surface area contributed by atoms with Crippen LogP contribution in [0.3, 0.4) is 0 Å². The third kappa shape index (κ3) is 3.66. The molecule has 0 fully saturated rings. The van der Waals surface area contributed by atoms with Gasteiger partial charge in [0, 0.05) is 24.7 Å². The number of hydrazine groups is 1. The molecule has 19 heavy (non-hydrogen) atoms.